The largest absolute Gasteiger partial charge is 0.394 e. The third-order valence-electron chi connectivity index (χ3n) is 4.62. The summed E-state index contributed by atoms with van der Waals surface area (Å²) in [6.07, 6.45) is 14.5. The molecule has 0 saturated carbocycles. The molecule has 0 aliphatic heterocycles. The first-order valence-corrected chi connectivity index (χ1v) is 10.2. The molecule has 0 radical (unpaired) electrons. The minimum Gasteiger partial charge on any atom is -0.394 e. The Morgan fingerprint density at radius 1 is 0.833 bits per heavy atom. The molecule has 0 aromatic heterocycles. The van der Waals surface area contributed by atoms with Crippen LogP contribution in [0.3, 0.4) is 0 Å². The summed E-state index contributed by atoms with van der Waals surface area (Å²) in [5, 5.41) is 22.4. The quantitative estimate of drug-likeness (QED) is 0.344. The fourth-order valence-corrected chi connectivity index (χ4v) is 2.94. The van der Waals surface area contributed by atoms with Gasteiger partial charge in [-0.05, 0) is 12.8 Å². The number of aliphatic hydroxyl groups excluding tert-OH is 2. The molecule has 0 aliphatic rings. The third-order valence-corrected chi connectivity index (χ3v) is 4.62. The molecule has 2 unspecified atom stereocenters. The molecule has 0 heterocycles. The van der Waals surface area contributed by atoms with Gasteiger partial charge in [0.25, 0.3) is 0 Å². The molecule has 0 fully saturated rings. The zero-order chi connectivity index (χ0) is 18.0. The van der Waals surface area contributed by atoms with E-state index in [1.54, 1.807) is 0 Å². The topological polar surface area (TPSA) is 69.6 Å². The highest BCUT2D eigenvalue weighted by Gasteiger charge is 2.19. The first kappa shape index (κ1) is 23.4. The number of nitrogens with one attached hydrogen (secondary N) is 1. The van der Waals surface area contributed by atoms with Gasteiger partial charge in [0.05, 0.1) is 18.8 Å². The summed E-state index contributed by atoms with van der Waals surface area (Å²) < 4.78 is 0. The zero-order valence-corrected chi connectivity index (χ0v) is 16.1. The van der Waals surface area contributed by atoms with Crippen LogP contribution in [0.25, 0.3) is 0 Å². The first-order valence-electron chi connectivity index (χ1n) is 10.2. The molecule has 0 spiro atoms. The van der Waals surface area contributed by atoms with E-state index in [0.29, 0.717) is 12.8 Å². The van der Waals surface area contributed by atoms with Crippen molar-refractivity contribution < 1.29 is 15.0 Å². The second-order valence-electron chi connectivity index (χ2n) is 7.00. The molecule has 0 aromatic rings. The van der Waals surface area contributed by atoms with Crippen molar-refractivity contribution in [3.05, 3.63) is 0 Å². The molecule has 0 saturated heterocycles. The van der Waals surface area contributed by atoms with Crippen molar-refractivity contribution in [2.24, 2.45) is 0 Å². The zero-order valence-electron chi connectivity index (χ0n) is 16.1. The second kappa shape index (κ2) is 17.2. The number of hydrogen-bond donors (Lipinski definition) is 3. The molecule has 0 rings (SSSR count). The van der Waals surface area contributed by atoms with E-state index >= 15 is 0 Å². The maximum Gasteiger partial charge on any atom is 0.220 e. The Bertz CT molecular complexity index is 284. The maximum absolute atomic E-state index is 11.9. The SMILES string of the molecule is CCCCCCCCCC(O)C(CO)NC(=O)CCCCCCC. The molecular formula is C20H41NO3. The predicted molar refractivity (Wildman–Crippen MR) is 101 cm³/mol. The monoisotopic (exact) mass is 343 g/mol. The predicted octanol–water partition coefficient (Wildman–Crippen LogP) is 4.33. The van der Waals surface area contributed by atoms with Crippen LogP contribution >= 0.6 is 0 Å². The van der Waals surface area contributed by atoms with Crippen LogP contribution in [0.15, 0.2) is 0 Å². The van der Waals surface area contributed by atoms with Crippen LogP contribution < -0.4 is 5.32 Å². The summed E-state index contributed by atoms with van der Waals surface area (Å²) in [5.74, 6) is -0.0517. The number of amides is 1. The van der Waals surface area contributed by atoms with Gasteiger partial charge >= 0.3 is 0 Å². The summed E-state index contributed by atoms with van der Waals surface area (Å²) in [6, 6.07) is -0.520. The van der Waals surface area contributed by atoms with Gasteiger partial charge in [-0.25, -0.2) is 0 Å². The summed E-state index contributed by atoms with van der Waals surface area (Å²) in [7, 11) is 0. The van der Waals surface area contributed by atoms with Crippen LogP contribution in [0, 0.1) is 0 Å². The average Bonchev–Trinajstić information content (AvgIpc) is 2.58. The lowest BCUT2D eigenvalue weighted by atomic mass is 10.0. The van der Waals surface area contributed by atoms with Crippen molar-refractivity contribution in [2.75, 3.05) is 6.61 Å². The average molecular weight is 344 g/mol. The van der Waals surface area contributed by atoms with Crippen molar-refractivity contribution in [3.63, 3.8) is 0 Å². The molecule has 1 amide bonds. The van der Waals surface area contributed by atoms with Gasteiger partial charge in [-0.15, -0.1) is 0 Å². The molecule has 3 N–H and O–H groups in total. The van der Waals surface area contributed by atoms with Gasteiger partial charge in [0.2, 0.25) is 5.91 Å². The molecule has 0 aliphatic carbocycles. The molecule has 0 aromatic carbocycles. The highest BCUT2D eigenvalue weighted by molar-refractivity contribution is 5.76. The number of unbranched alkanes of at least 4 members (excludes halogenated alkanes) is 10. The Morgan fingerprint density at radius 2 is 1.33 bits per heavy atom. The maximum atomic E-state index is 11.9. The Morgan fingerprint density at radius 3 is 1.88 bits per heavy atom. The third kappa shape index (κ3) is 13.8. The number of carbonyl (C=O) groups excluding carboxylic acids is 1. The Labute approximate surface area is 149 Å². The van der Waals surface area contributed by atoms with Gasteiger partial charge < -0.3 is 15.5 Å². The summed E-state index contributed by atoms with van der Waals surface area (Å²) in [4.78, 5) is 11.9. The van der Waals surface area contributed by atoms with Crippen LogP contribution in [0.4, 0.5) is 0 Å². The van der Waals surface area contributed by atoms with Crippen molar-refractivity contribution in [2.45, 2.75) is 116 Å². The van der Waals surface area contributed by atoms with Crippen LogP contribution in [0.5, 0.6) is 0 Å². The lowest BCUT2D eigenvalue weighted by molar-refractivity contribution is -0.123. The van der Waals surface area contributed by atoms with E-state index in [1.807, 2.05) is 0 Å². The number of carbonyl (C=O) groups is 1. The lowest BCUT2D eigenvalue weighted by Gasteiger charge is -2.22. The van der Waals surface area contributed by atoms with Crippen molar-refractivity contribution in [1.29, 1.82) is 0 Å². The van der Waals surface area contributed by atoms with Crippen LogP contribution in [0.2, 0.25) is 0 Å². The standard InChI is InChI=1S/C20H41NO3/c1-3-5-7-9-10-12-13-15-19(23)18(17-22)21-20(24)16-14-11-8-6-4-2/h18-19,22-23H,3-17H2,1-2H3,(H,21,24). The lowest BCUT2D eigenvalue weighted by Crippen LogP contribution is -2.45. The van der Waals surface area contributed by atoms with Crippen molar-refractivity contribution in [1.82, 2.24) is 5.32 Å². The molecule has 4 heteroatoms. The smallest absolute Gasteiger partial charge is 0.220 e. The molecule has 0 bridgehead atoms. The minimum atomic E-state index is -0.644. The molecule has 24 heavy (non-hydrogen) atoms. The van der Waals surface area contributed by atoms with Gasteiger partial charge in [-0.3, -0.25) is 4.79 Å². The number of aliphatic hydroxyl groups is 2. The first-order chi connectivity index (χ1) is 11.7. The van der Waals surface area contributed by atoms with Gasteiger partial charge in [0.1, 0.15) is 0 Å². The Kier molecular flexibility index (Phi) is 16.8. The van der Waals surface area contributed by atoms with Gasteiger partial charge in [-0.1, -0.05) is 84.5 Å². The normalized spacial score (nSPS) is 13.7. The van der Waals surface area contributed by atoms with Gasteiger partial charge in [0.15, 0.2) is 0 Å². The number of hydrogen-bond acceptors (Lipinski definition) is 3. The van der Waals surface area contributed by atoms with E-state index in [1.165, 1.54) is 51.4 Å². The van der Waals surface area contributed by atoms with E-state index in [-0.39, 0.29) is 12.5 Å². The summed E-state index contributed by atoms with van der Waals surface area (Å²) >= 11 is 0. The van der Waals surface area contributed by atoms with Gasteiger partial charge in [0, 0.05) is 6.42 Å². The minimum absolute atomic E-state index is 0.0517. The summed E-state index contributed by atoms with van der Waals surface area (Å²) in [6.45, 7) is 4.19. The van der Waals surface area contributed by atoms with E-state index in [2.05, 4.69) is 19.2 Å². The van der Waals surface area contributed by atoms with Crippen LogP contribution in [-0.4, -0.2) is 34.9 Å². The Balaban J connectivity index is 3.75. The molecule has 144 valence electrons. The molecule has 4 nitrogen and oxygen atoms in total. The highest BCUT2D eigenvalue weighted by Crippen LogP contribution is 2.12. The number of rotatable bonds is 17. The van der Waals surface area contributed by atoms with Crippen molar-refractivity contribution in [3.8, 4) is 0 Å². The molecule has 2 atom stereocenters. The molecular weight excluding hydrogens is 302 g/mol. The highest BCUT2D eigenvalue weighted by atomic mass is 16.3. The fraction of sp³-hybridized carbons (Fsp3) is 0.950. The van der Waals surface area contributed by atoms with Gasteiger partial charge in [-0.2, -0.15) is 0 Å². The van der Waals surface area contributed by atoms with E-state index in [4.69, 9.17) is 0 Å². The van der Waals surface area contributed by atoms with E-state index in [0.717, 1.165) is 25.7 Å². The second-order valence-corrected chi connectivity index (χ2v) is 7.00. The van der Waals surface area contributed by atoms with E-state index < -0.39 is 12.1 Å². The Hall–Kier alpha value is -0.610. The van der Waals surface area contributed by atoms with Crippen LogP contribution in [0.1, 0.15) is 104 Å². The summed E-state index contributed by atoms with van der Waals surface area (Å²) in [5.41, 5.74) is 0. The fourth-order valence-electron chi connectivity index (χ4n) is 2.94. The van der Waals surface area contributed by atoms with E-state index in [9.17, 15) is 15.0 Å². The van der Waals surface area contributed by atoms with Crippen molar-refractivity contribution >= 4 is 5.91 Å². The van der Waals surface area contributed by atoms with Crippen LogP contribution in [-0.2, 0) is 4.79 Å².